The molecule has 2 atom stereocenters. The van der Waals surface area contributed by atoms with E-state index >= 15 is 0 Å². The first-order valence-corrected chi connectivity index (χ1v) is 6.47. The number of methoxy groups -OCH3 is 1. The Kier molecular flexibility index (Phi) is 5.36. The van der Waals surface area contributed by atoms with Gasteiger partial charge in [0.05, 0.1) is 13.0 Å². The second-order valence-electron chi connectivity index (χ2n) is 5.12. The smallest absolute Gasteiger partial charge is 0.308 e. The van der Waals surface area contributed by atoms with E-state index in [0.717, 1.165) is 16.9 Å². The van der Waals surface area contributed by atoms with E-state index < -0.39 is 11.9 Å². The molecule has 0 aliphatic heterocycles. The van der Waals surface area contributed by atoms with E-state index in [1.54, 1.807) is 14.2 Å². The van der Waals surface area contributed by atoms with Crippen LogP contribution in [0.5, 0.6) is 5.75 Å². The van der Waals surface area contributed by atoms with E-state index in [2.05, 4.69) is 5.32 Å². The number of hydrogen-bond acceptors (Lipinski definition) is 3. The number of carboxylic acid groups (broad SMARTS) is 1. The van der Waals surface area contributed by atoms with Gasteiger partial charge in [0, 0.05) is 11.6 Å². The predicted molar refractivity (Wildman–Crippen MR) is 75.5 cm³/mol. The van der Waals surface area contributed by atoms with Crippen molar-refractivity contribution in [3.8, 4) is 5.75 Å². The highest BCUT2D eigenvalue weighted by Gasteiger charge is 2.32. The zero-order valence-electron chi connectivity index (χ0n) is 12.2. The van der Waals surface area contributed by atoms with Crippen molar-refractivity contribution >= 4 is 5.97 Å². The lowest BCUT2D eigenvalue weighted by atomic mass is 9.84. The van der Waals surface area contributed by atoms with Crippen molar-refractivity contribution in [2.75, 3.05) is 14.2 Å². The van der Waals surface area contributed by atoms with E-state index in [4.69, 9.17) is 4.74 Å². The maximum atomic E-state index is 11.5. The number of hydrogen-bond donors (Lipinski definition) is 2. The fraction of sp³-hybridized carbons (Fsp3) is 0.533. The molecule has 106 valence electrons. The number of aliphatic carboxylic acids is 1. The average molecular weight is 265 g/mol. The quantitative estimate of drug-likeness (QED) is 0.830. The van der Waals surface area contributed by atoms with E-state index in [1.807, 2.05) is 39.0 Å². The molecule has 1 aromatic carbocycles. The number of nitrogens with one attached hydrogen (secondary N) is 1. The standard InChI is InChI=1S/C15H23NO3/c1-9(2)13(15(17)18)14(16-4)11-8-10(3)6-7-12(11)19-5/h6-9,13-14,16H,1-5H3,(H,17,18). The summed E-state index contributed by atoms with van der Waals surface area (Å²) in [5, 5.41) is 12.6. The van der Waals surface area contributed by atoms with Crippen LogP contribution in [0.25, 0.3) is 0 Å². The highest BCUT2D eigenvalue weighted by molar-refractivity contribution is 5.72. The zero-order chi connectivity index (χ0) is 14.6. The lowest BCUT2D eigenvalue weighted by molar-refractivity contribution is -0.144. The first kappa shape index (κ1) is 15.5. The molecule has 2 N–H and O–H groups in total. The van der Waals surface area contributed by atoms with Crippen molar-refractivity contribution in [3.05, 3.63) is 29.3 Å². The Morgan fingerprint density at radius 2 is 2.00 bits per heavy atom. The van der Waals surface area contributed by atoms with Crippen LogP contribution < -0.4 is 10.1 Å². The Morgan fingerprint density at radius 3 is 2.42 bits per heavy atom. The van der Waals surface area contributed by atoms with Crippen LogP contribution in [0.15, 0.2) is 18.2 Å². The van der Waals surface area contributed by atoms with Crippen molar-refractivity contribution in [1.82, 2.24) is 5.32 Å². The van der Waals surface area contributed by atoms with Crippen LogP contribution in [0.4, 0.5) is 0 Å². The molecule has 0 aromatic heterocycles. The Bertz CT molecular complexity index is 443. The zero-order valence-corrected chi connectivity index (χ0v) is 12.2. The van der Waals surface area contributed by atoms with Crippen LogP contribution >= 0.6 is 0 Å². The molecule has 1 rings (SSSR count). The minimum absolute atomic E-state index is 0.0279. The molecule has 0 bridgehead atoms. The monoisotopic (exact) mass is 265 g/mol. The third kappa shape index (κ3) is 3.47. The van der Waals surface area contributed by atoms with E-state index in [1.165, 1.54) is 0 Å². The number of ether oxygens (including phenoxy) is 1. The van der Waals surface area contributed by atoms with Crippen LogP contribution in [-0.2, 0) is 4.79 Å². The second-order valence-corrected chi connectivity index (χ2v) is 5.12. The lowest BCUT2D eigenvalue weighted by Gasteiger charge is -2.28. The number of carbonyl (C=O) groups is 1. The van der Waals surface area contributed by atoms with Crippen LogP contribution in [0, 0.1) is 18.8 Å². The molecular formula is C15H23NO3. The van der Waals surface area contributed by atoms with Crippen molar-refractivity contribution < 1.29 is 14.6 Å². The highest BCUT2D eigenvalue weighted by atomic mass is 16.5. The molecule has 0 saturated carbocycles. The summed E-state index contributed by atoms with van der Waals surface area (Å²) >= 11 is 0. The van der Waals surface area contributed by atoms with Crippen LogP contribution in [-0.4, -0.2) is 25.2 Å². The first-order chi connectivity index (χ1) is 8.92. The number of aryl methyl sites for hydroxylation is 1. The summed E-state index contributed by atoms with van der Waals surface area (Å²) in [5.41, 5.74) is 1.98. The van der Waals surface area contributed by atoms with Crippen molar-refractivity contribution in [2.45, 2.75) is 26.8 Å². The summed E-state index contributed by atoms with van der Waals surface area (Å²) < 4.78 is 5.36. The van der Waals surface area contributed by atoms with Gasteiger partial charge in [-0.05, 0) is 26.0 Å². The summed E-state index contributed by atoms with van der Waals surface area (Å²) in [6, 6.07) is 5.56. The minimum Gasteiger partial charge on any atom is -0.496 e. The SMILES string of the molecule is CNC(c1cc(C)ccc1OC)C(C(=O)O)C(C)C. The topological polar surface area (TPSA) is 58.6 Å². The number of rotatable bonds is 6. The van der Waals surface area contributed by atoms with Gasteiger partial charge in [0.15, 0.2) is 0 Å². The fourth-order valence-electron chi connectivity index (χ4n) is 2.44. The van der Waals surface area contributed by atoms with Crippen LogP contribution in [0.3, 0.4) is 0 Å². The van der Waals surface area contributed by atoms with Gasteiger partial charge in [0.1, 0.15) is 5.75 Å². The molecule has 19 heavy (non-hydrogen) atoms. The maximum Gasteiger partial charge on any atom is 0.308 e. The lowest BCUT2D eigenvalue weighted by Crippen LogP contribution is -2.34. The van der Waals surface area contributed by atoms with Gasteiger partial charge in [-0.25, -0.2) is 0 Å². The largest absolute Gasteiger partial charge is 0.496 e. The van der Waals surface area contributed by atoms with Gasteiger partial charge in [0.2, 0.25) is 0 Å². The minimum atomic E-state index is -0.794. The van der Waals surface area contributed by atoms with Gasteiger partial charge >= 0.3 is 5.97 Å². The predicted octanol–water partition coefficient (Wildman–Crippen LogP) is 2.62. The Labute approximate surface area is 114 Å². The Morgan fingerprint density at radius 1 is 1.37 bits per heavy atom. The molecule has 0 heterocycles. The van der Waals surface area contributed by atoms with Crippen molar-refractivity contribution in [1.29, 1.82) is 0 Å². The second kappa shape index (κ2) is 6.57. The molecule has 0 aliphatic rings. The van der Waals surface area contributed by atoms with E-state index in [-0.39, 0.29) is 12.0 Å². The molecule has 0 saturated heterocycles. The van der Waals surface area contributed by atoms with E-state index in [9.17, 15) is 9.90 Å². The molecule has 0 radical (unpaired) electrons. The molecule has 0 fully saturated rings. The number of carboxylic acids is 1. The molecule has 2 unspecified atom stereocenters. The highest BCUT2D eigenvalue weighted by Crippen LogP contribution is 2.34. The average Bonchev–Trinajstić information content (AvgIpc) is 2.34. The molecule has 4 heteroatoms. The van der Waals surface area contributed by atoms with Gasteiger partial charge in [-0.1, -0.05) is 31.5 Å². The summed E-state index contributed by atoms with van der Waals surface area (Å²) in [6.07, 6.45) is 0. The summed E-state index contributed by atoms with van der Waals surface area (Å²) in [7, 11) is 3.39. The third-order valence-corrected chi connectivity index (χ3v) is 3.39. The maximum absolute atomic E-state index is 11.5. The Balaban J connectivity index is 3.28. The molecule has 1 aromatic rings. The van der Waals surface area contributed by atoms with Crippen molar-refractivity contribution in [3.63, 3.8) is 0 Å². The normalized spacial score (nSPS) is 14.2. The van der Waals surface area contributed by atoms with Gasteiger partial charge in [-0.15, -0.1) is 0 Å². The van der Waals surface area contributed by atoms with Crippen LogP contribution in [0.1, 0.15) is 31.0 Å². The summed E-state index contributed by atoms with van der Waals surface area (Å²) in [6.45, 7) is 5.83. The van der Waals surface area contributed by atoms with Crippen LogP contribution in [0.2, 0.25) is 0 Å². The summed E-state index contributed by atoms with van der Waals surface area (Å²) in [4.78, 5) is 11.5. The Hall–Kier alpha value is -1.55. The fourth-order valence-corrected chi connectivity index (χ4v) is 2.44. The molecule has 0 amide bonds. The van der Waals surface area contributed by atoms with Crippen molar-refractivity contribution in [2.24, 2.45) is 11.8 Å². The molecular weight excluding hydrogens is 242 g/mol. The van der Waals surface area contributed by atoms with E-state index in [0.29, 0.717) is 0 Å². The first-order valence-electron chi connectivity index (χ1n) is 6.47. The molecule has 0 spiro atoms. The summed E-state index contributed by atoms with van der Waals surface area (Å²) in [5.74, 6) is -0.546. The molecule has 0 aliphatic carbocycles. The van der Waals surface area contributed by atoms with Gasteiger partial charge in [-0.3, -0.25) is 4.79 Å². The van der Waals surface area contributed by atoms with Gasteiger partial charge < -0.3 is 15.2 Å². The molecule has 4 nitrogen and oxygen atoms in total. The number of benzene rings is 1. The van der Waals surface area contributed by atoms with Gasteiger partial charge in [-0.2, -0.15) is 0 Å². The van der Waals surface area contributed by atoms with Gasteiger partial charge in [0.25, 0.3) is 0 Å². The third-order valence-electron chi connectivity index (χ3n) is 3.39.